The fourth-order valence-corrected chi connectivity index (χ4v) is 2.11. The largest absolute Gasteiger partial charge is 0.402 e. The van der Waals surface area contributed by atoms with E-state index in [2.05, 4.69) is 6.92 Å². The Kier molecular flexibility index (Phi) is 1.87. The zero-order chi connectivity index (χ0) is 10.3. The van der Waals surface area contributed by atoms with Gasteiger partial charge in [-0.15, -0.1) is 0 Å². The van der Waals surface area contributed by atoms with Crippen molar-refractivity contribution in [3.05, 3.63) is 33.7 Å². The topological polar surface area (TPSA) is 69.2 Å². The van der Waals surface area contributed by atoms with Crippen LogP contribution in [0.5, 0.6) is 0 Å². The van der Waals surface area contributed by atoms with E-state index in [1.807, 2.05) is 0 Å². The van der Waals surface area contributed by atoms with Gasteiger partial charge in [-0.2, -0.15) is 0 Å². The second-order valence-electron chi connectivity index (χ2n) is 4.37. The maximum Gasteiger partial charge on any atom is 0.246 e. The fourth-order valence-electron chi connectivity index (χ4n) is 2.11. The van der Waals surface area contributed by atoms with Gasteiger partial charge in [0.2, 0.25) is 5.70 Å². The van der Waals surface area contributed by atoms with Crippen molar-refractivity contribution in [2.75, 3.05) is 0 Å². The van der Waals surface area contributed by atoms with Gasteiger partial charge in [-0.1, -0.05) is 13.0 Å². The van der Waals surface area contributed by atoms with Gasteiger partial charge in [0.25, 0.3) is 0 Å². The Bertz CT molecular complexity index is 346. The van der Waals surface area contributed by atoms with Crippen LogP contribution in [0.1, 0.15) is 26.2 Å². The minimum atomic E-state index is -0.311. The van der Waals surface area contributed by atoms with Crippen molar-refractivity contribution in [2.24, 2.45) is 17.1 Å². The second-order valence-corrected chi connectivity index (χ2v) is 4.37. The first-order chi connectivity index (χ1) is 6.54. The number of nitro groups is 1. The van der Waals surface area contributed by atoms with Crippen molar-refractivity contribution in [2.45, 2.75) is 26.2 Å². The SMILES string of the molecule is CC12CC1CC=C([N+](=O)[O-])CC=C2N. The third-order valence-corrected chi connectivity index (χ3v) is 3.47. The Hall–Kier alpha value is -1.32. The molecular weight excluding hydrogens is 180 g/mol. The van der Waals surface area contributed by atoms with Gasteiger partial charge in [0.05, 0.1) is 11.3 Å². The lowest BCUT2D eigenvalue weighted by molar-refractivity contribution is -0.427. The summed E-state index contributed by atoms with van der Waals surface area (Å²) in [5.41, 5.74) is 7.13. The van der Waals surface area contributed by atoms with Gasteiger partial charge >= 0.3 is 0 Å². The molecule has 14 heavy (non-hydrogen) atoms. The highest BCUT2D eigenvalue weighted by Gasteiger charge is 2.51. The number of hydrogen-bond acceptors (Lipinski definition) is 3. The van der Waals surface area contributed by atoms with Crippen LogP contribution in [-0.2, 0) is 0 Å². The average Bonchev–Trinajstić information content (AvgIpc) is 2.75. The first-order valence-corrected chi connectivity index (χ1v) is 4.83. The minimum absolute atomic E-state index is 0.124. The molecule has 0 saturated heterocycles. The highest BCUT2D eigenvalue weighted by molar-refractivity contribution is 5.25. The zero-order valence-corrected chi connectivity index (χ0v) is 8.19. The average molecular weight is 194 g/mol. The van der Waals surface area contributed by atoms with Crippen molar-refractivity contribution in [1.29, 1.82) is 0 Å². The van der Waals surface area contributed by atoms with Crippen LogP contribution in [0.2, 0.25) is 0 Å². The molecule has 0 bridgehead atoms. The molecule has 0 spiro atoms. The highest BCUT2D eigenvalue weighted by Crippen LogP contribution is 2.58. The minimum Gasteiger partial charge on any atom is -0.402 e. The van der Waals surface area contributed by atoms with E-state index in [0.29, 0.717) is 12.3 Å². The molecule has 0 aromatic heterocycles. The van der Waals surface area contributed by atoms with Crippen molar-refractivity contribution in [1.82, 2.24) is 0 Å². The number of fused-ring (bicyclic) bond motifs is 1. The summed E-state index contributed by atoms with van der Waals surface area (Å²) < 4.78 is 0. The van der Waals surface area contributed by atoms with Gasteiger partial charge in [-0.25, -0.2) is 0 Å². The molecule has 2 rings (SSSR count). The summed E-state index contributed by atoms with van der Waals surface area (Å²) in [5.74, 6) is 0.508. The van der Waals surface area contributed by atoms with Crippen LogP contribution in [0.15, 0.2) is 23.5 Å². The van der Waals surface area contributed by atoms with E-state index in [1.54, 1.807) is 12.2 Å². The summed E-state index contributed by atoms with van der Waals surface area (Å²) in [6, 6.07) is 0. The van der Waals surface area contributed by atoms with Gasteiger partial charge in [-0.3, -0.25) is 10.1 Å². The van der Waals surface area contributed by atoms with Crippen molar-refractivity contribution in [3.63, 3.8) is 0 Å². The maximum atomic E-state index is 10.6. The van der Waals surface area contributed by atoms with Gasteiger partial charge in [0.15, 0.2) is 0 Å². The quantitative estimate of drug-likeness (QED) is 0.511. The molecule has 2 atom stereocenters. The summed E-state index contributed by atoms with van der Waals surface area (Å²) in [6.45, 7) is 2.13. The van der Waals surface area contributed by atoms with E-state index in [4.69, 9.17) is 5.73 Å². The summed E-state index contributed by atoms with van der Waals surface area (Å²) in [7, 11) is 0. The van der Waals surface area contributed by atoms with Crippen LogP contribution in [-0.4, -0.2) is 4.92 Å². The maximum absolute atomic E-state index is 10.6. The molecule has 0 aromatic rings. The molecular formula is C10H14N2O2. The number of nitrogens with zero attached hydrogens (tertiary/aromatic N) is 1. The lowest BCUT2D eigenvalue weighted by Crippen LogP contribution is -2.14. The van der Waals surface area contributed by atoms with E-state index in [1.165, 1.54) is 0 Å². The first-order valence-electron chi connectivity index (χ1n) is 4.83. The third-order valence-electron chi connectivity index (χ3n) is 3.47. The smallest absolute Gasteiger partial charge is 0.246 e. The highest BCUT2D eigenvalue weighted by atomic mass is 16.6. The summed E-state index contributed by atoms with van der Waals surface area (Å²) in [4.78, 5) is 10.3. The van der Waals surface area contributed by atoms with Crippen LogP contribution in [0.3, 0.4) is 0 Å². The van der Waals surface area contributed by atoms with E-state index in [-0.39, 0.29) is 16.0 Å². The molecule has 2 unspecified atom stereocenters. The van der Waals surface area contributed by atoms with Crippen LogP contribution < -0.4 is 5.73 Å². The summed E-state index contributed by atoms with van der Waals surface area (Å²) in [6.07, 6.45) is 5.77. The number of hydrogen-bond donors (Lipinski definition) is 1. The van der Waals surface area contributed by atoms with Crippen LogP contribution >= 0.6 is 0 Å². The molecule has 0 aromatic carbocycles. The Morgan fingerprint density at radius 1 is 1.64 bits per heavy atom. The number of rotatable bonds is 1. The number of nitrogens with two attached hydrogens (primary N) is 1. The molecule has 2 aliphatic rings. The van der Waals surface area contributed by atoms with E-state index >= 15 is 0 Å². The predicted molar refractivity (Wildman–Crippen MR) is 52.8 cm³/mol. The van der Waals surface area contributed by atoms with E-state index in [0.717, 1.165) is 18.5 Å². The lowest BCUT2D eigenvalue weighted by atomic mass is 9.97. The monoisotopic (exact) mass is 194 g/mol. The molecule has 1 fully saturated rings. The van der Waals surface area contributed by atoms with E-state index in [9.17, 15) is 10.1 Å². The van der Waals surface area contributed by atoms with Crippen molar-refractivity contribution < 1.29 is 4.92 Å². The van der Waals surface area contributed by atoms with Crippen LogP contribution in [0, 0.1) is 21.4 Å². The molecule has 0 radical (unpaired) electrons. The summed E-state index contributed by atoms with van der Waals surface area (Å²) >= 11 is 0. The molecule has 4 nitrogen and oxygen atoms in total. The van der Waals surface area contributed by atoms with Crippen molar-refractivity contribution >= 4 is 0 Å². The Morgan fingerprint density at radius 2 is 2.36 bits per heavy atom. The van der Waals surface area contributed by atoms with Gasteiger partial charge in [0.1, 0.15) is 0 Å². The van der Waals surface area contributed by atoms with Crippen LogP contribution in [0.4, 0.5) is 0 Å². The standard InChI is InChI=1S/C10H14N2O2/c1-10-6-7(10)2-3-8(12(13)14)4-5-9(10)11/h3,5,7H,2,4,6,11H2,1H3. The fraction of sp³-hybridized carbons (Fsp3) is 0.600. The van der Waals surface area contributed by atoms with Crippen molar-refractivity contribution in [3.8, 4) is 0 Å². The molecule has 76 valence electrons. The Balaban J connectivity index is 2.22. The normalized spacial score (nSPS) is 35.9. The molecule has 4 heteroatoms. The zero-order valence-electron chi connectivity index (χ0n) is 8.19. The summed E-state index contributed by atoms with van der Waals surface area (Å²) in [5, 5.41) is 10.6. The third kappa shape index (κ3) is 1.31. The molecule has 1 saturated carbocycles. The molecule has 2 N–H and O–H groups in total. The van der Waals surface area contributed by atoms with Crippen LogP contribution in [0.25, 0.3) is 0 Å². The predicted octanol–water partition coefficient (Wildman–Crippen LogP) is 1.81. The molecule has 2 aliphatic carbocycles. The van der Waals surface area contributed by atoms with Gasteiger partial charge < -0.3 is 5.73 Å². The van der Waals surface area contributed by atoms with Gasteiger partial charge in [-0.05, 0) is 24.8 Å². The lowest BCUT2D eigenvalue weighted by Gasteiger charge is -2.13. The molecule has 0 amide bonds. The second kappa shape index (κ2) is 2.83. The van der Waals surface area contributed by atoms with Gasteiger partial charge in [0, 0.05) is 11.1 Å². The number of allylic oxidation sites excluding steroid dienone is 3. The first kappa shape index (κ1) is 9.24. The van der Waals surface area contributed by atoms with E-state index < -0.39 is 0 Å². The molecule has 0 heterocycles. The Labute approximate surface area is 82.6 Å². The Morgan fingerprint density at radius 3 is 3.00 bits per heavy atom. The molecule has 0 aliphatic heterocycles.